The molecule has 136 valence electrons. The Hall–Kier alpha value is -1.78. The Morgan fingerprint density at radius 1 is 0.962 bits per heavy atom. The summed E-state index contributed by atoms with van der Waals surface area (Å²) in [5.74, 6) is -0.0381. The van der Waals surface area contributed by atoms with E-state index in [2.05, 4.69) is 46.6 Å². The van der Waals surface area contributed by atoms with Crippen molar-refractivity contribution in [2.75, 3.05) is 11.9 Å². The van der Waals surface area contributed by atoms with E-state index in [1.807, 2.05) is 12.1 Å². The zero-order valence-electron chi connectivity index (χ0n) is 15.3. The summed E-state index contributed by atoms with van der Waals surface area (Å²) in [5, 5.41) is 2.80. The van der Waals surface area contributed by atoms with Crippen LogP contribution in [0.1, 0.15) is 50.6 Å². The van der Waals surface area contributed by atoms with Gasteiger partial charge in [-0.05, 0) is 74.2 Å². The van der Waals surface area contributed by atoms with E-state index in [0.717, 1.165) is 11.7 Å². The molecule has 2 aromatic carbocycles. The predicted molar refractivity (Wildman–Crippen MR) is 108 cm³/mol. The van der Waals surface area contributed by atoms with Crippen molar-refractivity contribution < 1.29 is 4.79 Å². The van der Waals surface area contributed by atoms with Gasteiger partial charge in [-0.2, -0.15) is 0 Å². The third-order valence-corrected chi connectivity index (χ3v) is 6.54. The number of anilines is 1. The highest BCUT2D eigenvalue weighted by molar-refractivity contribution is 7.99. The van der Waals surface area contributed by atoms with Gasteiger partial charge in [-0.3, -0.25) is 9.69 Å². The monoisotopic (exact) mass is 366 g/mol. The number of piperidine rings is 1. The first-order chi connectivity index (χ1) is 12.7. The van der Waals surface area contributed by atoms with Crippen molar-refractivity contribution in [3.8, 4) is 0 Å². The zero-order valence-corrected chi connectivity index (χ0v) is 16.1. The molecule has 0 radical (unpaired) electrons. The Balaban J connectivity index is 1.41. The fraction of sp³-hybridized carbons (Fsp3) is 0.409. The molecule has 2 atom stereocenters. The normalized spacial score (nSPS) is 22.8. The molecule has 26 heavy (non-hydrogen) atoms. The number of benzene rings is 2. The fourth-order valence-electron chi connectivity index (χ4n) is 4.32. The number of fused-ring (bicyclic) bond motifs is 1. The molecular formula is C22H26N2OS. The molecule has 2 heterocycles. The lowest BCUT2D eigenvalue weighted by Gasteiger charge is -2.34. The zero-order chi connectivity index (χ0) is 17.9. The van der Waals surface area contributed by atoms with Crippen LogP contribution in [0.3, 0.4) is 0 Å². The summed E-state index contributed by atoms with van der Waals surface area (Å²) < 4.78 is 0. The topological polar surface area (TPSA) is 32.3 Å². The predicted octanol–water partition coefficient (Wildman–Crippen LogP) is 5.49. The van der Waals surface area contributed by atoms with Crippen molar-refractivity contribution in [3.63, 3.8) is 0 Å². The molecule has 0 aromatic heterocycles. The Bertz CT molecular complexity index is 757. The first kappa shape index (κ1) is 17.6. The number of carbonyl (C=O) groups excluding carboxylic acids is 1. The van der Waals surface area contributed by atoms with Crippen LogP contribution in [0.25, 0.3) is 0 Å². The van der Waals surface area contributed by atoms with E-state index in [1.165, 1.54) is 60.9 Å². The van der Waals surface area contributed by atoms with Crippen LogP contribution >= 0.6 is 11.8 Å². The van der Waals surface area contributed by atoms with Crippen LogP contribution in [0.15, 0.2) is 58.3 Å². The van der Waals surface area contributed by atoms with Gasteiger partial charge in [-0.15, -0.1) is 0 Å². The van der Waals surface area contributed by atoms with Gasteiger partial charge in [0.05, 0.1) is 0 Å². The number of rotatable bonds is 4. The highest BCUT2D eigenvalue weighted by Gasteiger charge is 2.35. The molecule has 1 N–H and O–H groups in total. The van der Waals surface area contributed by atoms with Crippen LogP contribution in [0, 0.1) is 0 Å². The van der Waals surface area contributed by atoms with Crippen LogP contribution in [-0.2, 0) is 4.79 Å². The number of nitrogens with one attached hydrogen (secondary N) is 1. The Morgan fingerprint density at radius 2 is 1.65 bits per heavy atom. The van der Waals surface area contributed by atoms with Crippen molar-refractivity contribution in [1.82, 2.24) is 4.90 Å². The van der Waals surface area contributed by atoms with Crippen molar-refractivity contribution in [1.29, 1.82) is 0 Å². The molecule has 0 aliphatic carbocycles. The number of nitrogens with zero attached hydrogens (tertiary/aromatic N) is 1. The smallest absolute Gasteiger partial charge is 0.221 e. The summed E-state index contributed by atoms with van der Waals surface area (Å²) in [7, 11) is 0. The molecule has 2 aromatic rings. The van der Waals surface area contributed by atoms with Gasteiger partial charge in [0.2, 0.25) is 5.91 Å². The second-order valence-corrected chi connectivity index (χ2v) is 8.50. The van der Waals surface area contributed by atoms with Crippen LogP contribution in [-0.4, -0.2) is 23.4 Å². The maximum Gasteiger partial charge on any atom is 0.221 e. The highest BCUT2D eigenvalue weighted by atomic mass is 32.2. The molecular weight excluding hydrogens is 340 g/mol. The van der Waals surface area contributed by atoms with Gasteiger partial charge < -0.3 is 5.32 Å². The standard InChI is InChI=1S/C22H26N2OS/c1-16(25)23-18-7-12-21(13-8-18)26-20-10-5-17(6-11-20)22-14-9-19-4-2-3-15-24(19)22/h5-8,10-13,19,22H,2-4,9,14-15H2,1H3,(H,23,25)/t19-,22-/m1/s1. The number of hydrogen-bond acceptors (Lipinski definition) is 3. The average molecular weight is 367 g/mol. The summed E-state index contributed by atoms with van der Waals surface area (Å²) >= 11 is 1.76. The average Bonchev–Trinajstić information content (AvgIpc) is 3.08. The summed E-state index contributed by atoms with van der Waals surface area (Å²) in [6.45, 7) is 2.80. The highest BCUT2D eigenvalue weighted by Crippen LogP contribution is 2.40. The van der Waals surface area contributed by atoms with Crippen molar-refractivity contribution in [2.45, 2.75) is 60.9 Å². The molecule has 2 fully saturated rings. The molecule has 4 heteroatoms. The Labute approximate surface area is 160 Å². The van der Waals surface area contributed by atoms with Crippen molar-refractivity contribution >= 4 is 23.4 Å². The largest absolute Gasteiger partial charge is 0.326 e. The molecule has 0 spiro atoms. The van der Waals surface area contributed by atoms with Crippen LogP contribution < -0.4 is 5.32 Å². The van der Waals surface area contributed by atoms with Crippen LogP contribution in [0.2, 0.25) is 0 Å². The first-order valence-electron chi connectivity index (χ1n) is 9.60. The Kier molecular flexibility index (Phi) is 5.32. The summed E-state index contributed by atoms with van der Waals surface area (Å²) in [6.07, 6.45) is 6.82. The summed E-state index contributed by atoms with van der Waals surface area (Å²) in [4.78, 5) is 16.3. The fourth-order valence-corrected chi connectivity index (χ4v) is 5.14. The lowest BCUT2D eigenvalue weighted by molar-refractivity contribution is -0.114. The minimum Gasteiger partial charge on any atom is -0.326 e. The van der Waals surface area contributed by atoms with Gasteiger partial charge in [-0.25, -0.2) is 0 Å². The quantitative estimate of drug-likeness (QED) is 0.777. The molecule has 4 rings (SSSR count). The maximum atomic E-state index is 11.1. The van der Waals surface area contributed by atoms with E-state index < -0.39 is 0 Å². The molecule has 0 bridgehead atoms. The first-order valence-corrected chi connectivity index (χ1v) is 10.4. The lowest BCUT2D eigenvalue weighted by atomic mass is 10.0. The molecule has 2 aliphatic heterocycles. The molecule has 3 nitrogen and oxygen atoms in total. The van der Waals surface area contributed by atoms with E-state index in [9.17, 15) is 4.79 Å². The van der Waals surface area contributed by atoms with Crippen molar-refractivity contribution in [2.24, 2.45) is 0 Å². The van der Waals surface area contributed by atoms with Crippen LogP contribution in [0.5, 0.6) is 0 Å². The van der Waals surface area contributed by atoms with Crippen LogP contribution in [0.4, 0.5) is 5.69 Å². The van der Waals surface area contributed by atoms with Gasteiger partial charge in [0.1, 0.15) is 0 Å². The Morgan fingerprint density at radius 3 is 2.35 bits per heavy atom. The molecule has 0 saturated carbocycles. The van der Waals surface area contributed by atoms with Gasteiger partial charge >= 0.3 is 0 Å². The van der Waals surface area contributed by atoms with Crippen molar-refractivity contribution in [3.05, 3.63) is 54.1 Å². The molecule has 2 aliphatic rings. The van der Waals surface area contributed by atoms with E-state index in [4.69, 9.17) is 0 Å². The SMILES string of the molecule is CC(=O)Nc1ccc(Sc2ccc([C@H]3CC[C@H]4CCCCN43)cc2)cc1. The second-order valence-electron chi connectivity index (χ2n) is 7.36. The maximum absolute atomic E-state index is 11.1. The second kappa shape index (κ2) is 7.85. The van der Waals surface area contributed by atoms with Gasteiger partial charge in [0, 0.05) is 34.5 Å². The third kappa shape index (κ3) is 3.97. The number of hydrogen-bond donors (Lipinski definition) is 1. The lowest BCUT2D eigenvalue weighted by Crippen LogP contribution is -2.35. The number of carbonyl (C=O) groups is 1. The van der Waals surface area contributed by atoms with E-state index in [0.29, 0.717) is 6.04 Å². The number of amides is 1. The molecule has 1 amide bonds. The van der Waals surface area contributed by atoms with Gasteiger partial charge in [0.15, 0.2) is 0 Å². The molecule has 0 unspecified atom stereocenters. The minimum atomic E-state index is -0.0381. The van der Waals surface area contributed by atoms with E-state index >= 15 is 0 Å². The van der Waals surface area contributed by atoms with E-state index in [1.54, 1.807) is 11.8 Å². The third-order valence-electron chi connectivity index (χ3n) is 5.52. The van der Waals surface area contributed by atoms with Gasteiger partial charge in [-0.1, -0.05) is 30.3 Å². The molecule has 2 saturated heterocycles. The summed E-state index contributed by atoms with van der Waals surface area (Å²) in [6, 6.07) is 18.6. The minimum absolute atomic E-state index is 0.0381. The van der Waals surface area contributed by atoms with E-state index in [-0.39, 0.29) is 5.91 Å². The van der Waals surface area contributed by atoms with Gasteiger partial charge in [0.25, 0.3) is 0 Å². The summed E-state index contributed by atoms with van der Waals surface area (Å²) in [5.41, 5.74) is 2.31.